The molecule has 1 aromatic heterocycles. The molecule has 0 saturated carbocycles. The van der Waals surface area contributed by atoms with E-state index >= 15 is 0 Å². The average Bonchev–Trinajstić information content (AvgIpc) is 2.74. The molecule has 0 aliphatic carbocycles. The standard InChI is InChI=1S/C21H21N3O3S/c1-4-12-24-20(25)19(16-8-6-5-7-9-16)22-23-21(24)28-14-15-10-11-17(26-2)18(13-15)27-3/h4-11,13H,1,12,14H2,2-3H3. The molecule has 1 heterocycles. The minimum atomic E-state index is -0.184. The highest BCUT2D eigenvalue weighted by atomic mass is 32.2. The highest BCUT2D eigenvalue weighted by Gasteiger charge is 2.14. The van der Waals surface area contributed by atoms with Gasteiger partial charge in [0.15, 0.2) is 22.3 Å². The molecule has 0 radical (unpaired) electrons. The number of methoxy groups -OCH3 is 2. The summed E-state index contributed by atoms with van der Waals surface area (Å²) in [5.74, 6) is 1.94. The van der Waals surface area contributed by atoms with Crippen LogP contribution in [0.5, 0.6) is 11.5 Å². The molecule has 0 N–H and O–H groups in total. The van der Waals surface area contributed by atoms with Gasteiger partial charge in [0, 0.05) is 17.9 Å². The van der Waals surface area contributed by atoms with Crippen molar-refractivity contribution in [3.8, 4) is 22.8 Å². The molecule has 0 amide bonds. The minimum absolute atomic E-state index is 0.184. The van der Waals surface area contributed by atoms with Crippen molar-refractivity contribution in [1.29, 1.82) is 0 Å². The molecule has 0 spiro atoms. The Morgan fingerprint density at radius 2 is 1.82 bits per heavy atom. The van der Waals surface area contributed by atoms with E-state index in [2.05, 4.69) is 16.8 Å². The summed E-state index contributed by atoms with van der Waals surface area (Å²) < 4.78 is 12.2. The highest BCUT2D eigenvalue weighted by Crippen LogP contribution is 2.30. The van der Waals surface area contributed by atoms with Gasteiger partial charge in [-0.25, -0.2) is 0 Å². The Balaban J connectivity index is 1.89. The number of benzene rings is 2. The Labute approximate surface area is 167 Å². The van der Waals surface area contributed by atoms with Crippen molar-refractivity contribution in [1.82, 2.24) is 14.8 Å². The number of rotatable bonds is 8. The maximum Gasteiger partial charge on any atom is 0.281 e. The normalized spacial score (nSPS) is 10.5. The molecule has 144 valence electrons. The van der Waals surface area contributed by atoms with Crippen LogP contribution in [0.25, 0.3) is 11.3 Å². The van der Waals surface area contributed by atoms with E-state index in [4.69, 9.17) is 9.47 Å². The quantitative estimate of drug-likeness (QED) is 0.427. The fourth-order valence-electron chi connectivity index (χ4n) is 2.70. The van der Waals surface area contributed by atoms with Gasteiger partial charge >= 0.3 is 0 Å². The second kappa shape index (κ2) is 9.23. The van der Waals surface area contributed by atoms with Gasteiger partial charge in [0.2, 0.25) is 0 Å². The van der Waals surface area contributed by atoms with E-state index in [1.54, 1.807) is 24.9 Å². The Bertz CT molecular complexity index is 1020. The number of aromatic nitrogens is 3. The first kappa shape index (κ1) is 19.7. The number of thioether (sulfide) groups is 1. The Morgan fingerprint density at radius 1 is 1.07 bits per heavy atom. The molecule has 7 heteroatoms. The lowest BCUT2D eigenvalue weighted by atomic mass is 10.2. The topological polar surface area (TPSA) is 66.2 Å². The van der Waals surface area contributed by atoms with Crippen LogP contribution in [0.4, 0.5) is 0 Å². The molecule has 0 aliphatic heterocycles. The number of allylic oxidation sites excluding steroid dienone is 1. The number of ether oxygens (including phenoxy) is 2. The average molecular weight is 395 g/mol. The van der Waals surface area contributed by atoms with Crippen LogP contribution in [0.2, 0.25) is 0 Å². The Hall–Kier alpha value is -3.06. The van der Waals surface area contributed by atoms with Crippen LogP contribution >= 0.6 is 11.8 Å². The summed E-state index contributed by atoms with van der Waals surface area (Å²) in [6.07, 6.45) is 1.68. The van der Waals surface area contributed by atoms with E-state index in [1.807, 2.05) is 48.5 Å². The molecule has 2 aromatic carbocycles. The van der Waals surface area contributed by atoms with E-state index in [-0.39, 0.29) is 5.56 Å². The lowest BCUT2D eigenvalue weighted by molar-refractivity contribution is 0.354. The summed E-state index contributed by atoms with van der Waals surface area (Å²) in [6.45, 7) is 4.12. The molecule has 3 aromatic rings. The summed E-state index contributed by atoms with van der Waals surface area (Å²) in [5, 5.41) is 9.02. The molecule has 0 fully saturated rings. The van der Waals surface area contributed by atoms with Crippen LogP contribution in [0.3, 0.4) is 0 Å². The van der Waals surface area contributed by atoms with Gasteiger partial charge in [0.05, 0.1) is 14.2 Å². The van der Waals surface area contributed by atoms with Crippen molar-refractivity contribution in [3.05, 3.63) is 77.1 Å². The zero-order chi connectivity index (χ0) is 19.9. The maximum atomic E-state index is 12.9. The third kappa shape index (κ3) is 4.26. The van der Waals surface area contributed by atoms with E-state index in [9.17, 15) is 4.79 Å². The molecule has 3 rings (SSSR count). The van der Waals surface area contributed by atoms with Crippen LogP contribution in [-0.4, -0.2) is 29.0 Å². The van der Waals surface area contributed by atoms with Crippen molar-refractivity contribution in [2.45, 2.75) is 17.5 Å². The minimum Gasteiger partial charge on any atom is -0.493 e. The molecular formula is C21H21N3O3S. The van der Waals surface area contributed by atoms with E-state index in [0.29, 0.717) is 34.6 Å². The van der Waals surface area contributed by atoms with E-state index in [1.165, 1.54) is 11.8 Å². The molecule has 6 nitrogen and oxygen atoms in total. The second-order valence-corrected chi connectivity index (χ2v) is 6.82. The van der Waals surface area contributed by atoms with Crippen molar-refractivity contribution >= 4 is 11.8 Å². The Morgan fingerprint density at radius 3 is 2.50 bits per heavy atom. The van der Waals surface area contributed by atoms with Crippen molar-refractivity contribution in [2.75, 3.05) is 14.2 Å². The largest absolute Gasteiger partial charge is 0.493 e. The van der Waals surface area contributed by atoms with Gasteiger partial charge in [-0.1, -0.05) is 54.2 Å². The smallest absolute Gasteiger partial charge is 0.281 e. The van der Waals surface area contributed by atoms with Gasteiger partial charge in [0.25, 0.3) is 5.56 Å². The predicted molar refractivity (Wildman–Crippen MR) is 111 cm³/mol. The Kier molecular flexibility index (Phi) is 6.49. The second-order valence-electron chi connectivity index (χ2n) is 5.88. The number of hydrogen-bond acceptors (Lipinski definition) is 6. The fourth-order valence-corrected chi connectivity index (χ4v) is 3.58. The molecule has 0 aliphatic rings. The van der Waals surface area contributed by atoms with Gasteiger partial charge in [-0.05, 0) is 17.7 Å². The number of hydrogen-bond donors (Lipinski definition) is 0. The first-order chi connectivity index (χ1) is 13.7. The summed E-state index contributed by atoms with van der Waals surface area (Å²) in [4.78, 5) is 12.9. The molecule has 28 heavy (non-hydrogen) atoms. The maximum absolute atomic E-state index is 12.9. The van der Waals surface area contributed by atoms with Crippen LogP contribution in [0, 0.1) is 0 Å². The lowest BCUT2D eigenvalue weighted by Crippen LogP contribution is -2.25. The lowest BCUT2D eigenvalue weighted by Gasteiger charge is -2.12. The summed E-state index contributed by atoms with van der Waals surface area (Å²) in [6, 6.07) is 15.0. The summed E-state index contributed by atoms with van der Waals surface area (Å²) >= 11 is 1.44. The van der Waals surface area contributed by atoms with Gasteiger partial charge in [0.1, 0.15) is 0 Å². The van der Waals surface area contributed by atoms with Gasteiger partial charge in [-0.15, -0.1) is 16.8 Å². The van der Waals surface area contributed by atoms with Gasteiger partial charge in [-0.2, -0.15) is 0 Å². The third-order valence-corrected chi connectivity index (χ3v) is 5.13. The highest BCUT2D eigenvalue weighted by molar-refractivity contribution is 7.98. The molecular weight excluding hydrogens is 374 g/mol. The van der Waals surface area contributed by atoms with Gasteiger partial charge < -0.3 is 9.47 Å². The monoisotopic (exact) mass is 395 g/mol. The predicted octanol–water partition coefficient (Wildman–Crippen LogP) is 3.80. The molecule has 0 bridgehead atoms. The van der Waals surface area contributed by atoms with Crippen molar-refractivity contribution < 1.29 is 9.47 Å². The molecule has 0 atom stereocenters. The fraction of sp³-hybridized carbons (Fsp3) is 0.190. The van der Waals surface area contributed by atoms with E-state index < -0.39 is 0 Å². The van der Waals surface area contributed by atoms with E-state index in [0.717, 1.165) is 11.1 Å². The molecule has 0 unspecified atom stereocenters. The first-order valence-corrected chi connectivity index (χ1v) is 9.64. The van der Waals surface area contributed by atoms with Crippen LogP contribution in [0.1, 0.15) is 5.56 Å². The van der Waals surface area contributed by atoms with Crippen molar-refractivity contribution in [2.24, 2.45) is 0 Å². The van der Waals surface area contributed by atoms with Crippen LogP contribution in [0.15, 0.2) is 71.1 Å². The van der Waals surface area contributed by atoms with Crippen LogP contribution in [-0.2, 0) is 12.3 Å². The zero-order valence-corrected chi connectivity index (χ0v) is 16.6. The van der Waals surface area contributed by atoms with Crippen molar-refractivity contribution in [3.63, 3.8) is 0 Å². The first-order valence-electron chi connectivity index (χ1n) is 8.65. The van der Waals surface area contributed by atoms with Crippen LogP contribution < -0.4 is 15.0 Å². The number of nitrogens with zero attached hydrogens (tertiary/aromatic N) is 3. The molecule has 0 saturated heterocycles. The summed E-state index contributed by atoms with van der Waals surface area (Å²) in [7, 11) is 3.20. The zero-order valence-electron chi connectivity index (χ0n) is 15.8. The van der Waals surface area contributed by atoms with Gasteiger partial charge in [-0.3, -0.25) is 9.36 Å². The third-order valence-electron chi connectivity index (χ3n) is 4.09. The summed E-state index contributed by atoms with van der Waals surface area (Å²) in [5.41, 5.74) is 1.91. The SMILES string of the molecule is C=CCn1c(SCc2ccc(OC)c(OC)c2)nnc(-c2ccccc2)c1=O.